The van der Waals surface area contributed by atoms with Gasteiger partial charge in [-0.1, -0.05) is 32.0 Å². The first-order valence-corrected chi connectivity index (χ1v) is 7.21. The summed E-state index contributed by atoms with van der Waals surface area (Å²) < 4.78 is 0. The Labute approximate surface area is 117 Å². The minimum absolute atomic E-state index is 0.106. The van der Waals surface area contributed by atoms with E-state index in [1.54, 1.807) is 6.92 Å². The number of nitrogens with one attached hydrogen (secondary N) is 1. The van der Waals surface area contributed by atoms with E-state index in [4.69, 9.17) is 11.0 Å². The molecule has 1 rings (SSSR count). The van der Waals surface area contributed by atoms with Crippen LogP contribution in [0, 0.1) is 11.3 Å². The molecule has 2 unspecified atom stereocenters. The van der Waals surface area contributed by atoms with E-state index in [-0.39, 0.29) is 10.8 Å². The highest BCUT2D eigenvalue weighted by Gasteiger charge is 2.22. The van der Waals surface area contributed by atoms with Crippen molar-refractivity contribution in [2.24, 2.45) is 5.73 Å². The summed E-state index contributed by atoms with van der Waals surface area (Å²) >= 11 is 1.44. The molecule has 0 spiro atoms. The average Bonchev–Trinajstić information content (AvgIpc) is 2.27. The second kappa shape index (κ2) is 6.73. The molecule has 104 valence electrons. The third-order valence-corrected chi connectivity index (χ3v) is 3.54. The number of hydrogen-bond donors (Lipinski definition) is 2. The number of thioether (sulfide) groups is 1. The van der Waals surface area contributed by atoms with Crippen molar-refractivity contribution in [1.29, 1.82) is 5.26 Å². The van der Waals surface area contributed by atoms with Crippen LogP contribution in [0.3, 0.4) is 0 Å². The molecule has 1 aromatic rings. The van der Waals surface area contributed by atoms with Crippen LogP contribution >= 0.6 is 11.8 Å². The van der Waals surface area contributed by atoms with Gasteiger partial charge < -0.3 is 10.7 Å². The Morgan fingerprint density at radius 2 is 2.37 bits per heavy atom. The molecule has 0 aliphatic carbocycles. The Balaban J connectivity index is 2.77. The van der Waals surface area contributed by atoms with Crippen molar-refractivity contribution in [3.05, 3.63) is 22.1 Å². The second-order valence-electron chi connectivity index (χ2n) is 4.95. The number of hydrogen-bond acceptors (Lipinski definition) is 5. The molecule has 6 heteroatoms. The summed E-state index contributed by atoms with van der Waals surface area (Å²) in [5.41, 5.74) is 5.63. The highest BCUT2D eigenvalue weighted by Crippen LogP contribution is 2.24. The molecule has 0 bridgehead atoms. The zero-order chi connectivity index (χ0) is 14.5. The lowest BCUT2D eigenvalue weighted by Gasteiger charge is -2.19. The maximum absolute atomic E-state index is 11.5. The first-order chi connectivity index (χ1) is 8.86. The van der Waals surface area contributed by atoms with Gasteiger partial charge in [-0.3, -0.25) is 4.79 Å². The SMILES string of the molecule is CCCc1cc(=O)[nH]c(SC(C)CC(C)(N)C#N)n1. The lowest BCUT2D eigenvalue weighted by Crippen LogP contribution is -2.36. The number of aryl methyl sites for hydroxylation is 1. The van der Waals surface area contributed by atoms with Crippen LogP contribution in [0.2, 0.25) is 0 Å². The molecule has 0 radical (unpaired) electrons. The van der Waals surface area contributed by atoms with Gasteiger partial charge in [0.15, 0.2) is 5.16 Å². The summed E-state index contributed by atoms with van der Waals surface area (Å²) in [5, 5.41) is 9.61. The van der Waals surface area contributed by atoms with E-state index in [2.05, 4.69) is 16.0 Å². The van der Waals surface area contributed by atoms with Crippen molar-refractivity contribution in [2.75, 3.05) is 0 Å². The van der Waals surface area contributed by atoms with Crippen molar-refractivity contribution in [3.8, 4) is 6.07 Å². The van der Waals surface area contributed by atoms with Gasteiger partial charge in [0.05, 0.1) is 6.07 Å². The number of nitriles is 1. The predicted molar refractivity (Wildman–Crippen MR) is 77.0 cm³/mol. The van der Waals surface area contributed by atoms with Crippen LogP contribution in [-0.4, -0.2) is 20.8 Å². The van der Waals surface area contributed by atoms with E-state index < -0.39 is 5.54 Å². The maximum Gasteiger partial charge on any atom is 0.251 e. The quantitative estimate of drug-likeness (QED) is 0.612. The Hall–Kier alpha value is -1.32. The molecular formula is C13H20N4OS. The van der Waals surface area contributed by atoms with Crippen molar-refractivity contribution in [1.82, 2.24) is 9.97 Å². The predicted octanol–water partition coefficient (Wildman–Crippen LogP) is 1.83. The van der Waals surface area contributed by atoms with Gasteiger partial charge in [-0.25, -0.2) is 4.98 Å². The number of nitrogens with two attached hydrogens (primary N) is 1. The highest BCUT2D eigenvalue weighted by molar-refractivity contribution is 7.99. The average molecular weight is 280 g/mol. The Morgan fingerprint density at radius 1 is 1.68 bits per heavy atom. The van der Waals surface area contributed by atoms with Crippen LogP contribution in [-0.2, 0) is 6.42 Å². The van der Waals surface area contributed by atoms with Gasteiger partial charge in [-0.2, -0.15) is 5.26 Å². The number of rotatable bonds is 6. The normalized spacial score (nSPS) is 15.5. The van der Waals surface area contributed by atoms with Crippen molar-refractivity contribution >= 4 is 11.8 Å². The summed E-state index contributed by atoms with van der Waals surface area (Å²) in [6.45, 7) is 5.72. The summed E-state index contributed by atoms with van der Waals surface area (Å²) in [4.78, 5) is 18.6. The molecule has 0 saturated heterocycles. The van der Waals surface area contributed by atoms with Gasteiger partial charge in [0.25, 0.3) is 5.56 Å². The van der Waals surface area contributed by atoms with Crippen LogP contribution in [0.25, 0.3) is 0 Å². The van der Waals surface area contributed by atoms with Gasteiger partial charge in [0.1, 0.15) is 5.54 Å². The minimum Gasteiger partial charge on any atom is -0.314 e. The van der Waals surface area contributed by atoms with E-state index >= 15 is 0 Å². The summed E-state index contributed by atoms with van der Waals surface area (Å²) in [6.07, 6.45) is 2.28. The topological polar surface area (TPSA) is 95.6 Å². The number of nitrogens with zero attached hydrogens (tertiary/aromatic N) is 2. The Kier molecular flexibility index (Phi) is 5.58. The molecule has 0 amide bonds. The fourth-order valence-corrected chi connectivity index (χ4v) is 2.94. The molecule has 0 aliphatic rings. The zero-order valence-electron chi connectivity index (χ0n) is 11.6. The fraction of sp³-hybridized carbons (Fsp3) is 0.615. The van der Waals surface area contributed by atoms with Gasteiger partial charge in [-0.05, 0) is 19.8 Å². The first kappa shape index (κ1) is 15.7. The smallest absolute Gasteiger partial charge is 0.251 e. The molecule has 1 heterocycles. The molecule has 3 N–H and O–H groups in total. The third-order valence-electron chi connectivity index (χ3n) is 2.56. The second-order valence-corrected chi connectivity index (χ2v) is 6.38. The van der Waals surface area contributed by atoms with Crippen LogP contribution in [0.1, 0.15) is 39.3 Å². The van der Waals surface area contributed by atoms with Gasteiger partial charge in [0.2, 0.25) is 0 Å². The van der Waals surface area contributed by atoms with Gasteiger partial charge in [0, 0.05) is 17.0 Å². The maximum atomic E-state index is 11.5. The molecule has 0 saturated carbocycles. The molecule has 5 nitrogen and oxygen atoms in total. The number of aromatic amines is 1. The van der Waals surface area contributed by atoms with Gasteiger partial charge in [-0.15, -0.1) is 0 Å². The summed E-state index contributed by atoms with van der Waals surface area (Å²) in [5.74, 6) is 0. The van der Waals surface area contributed by atoms with E-state index in [1.807, 2.05) is 13.8 Å². The standard InChI is InChI=1S/C13H20N4OS/c1-4-5-10-6-11(18)17-12(16-10)19-9(2)7-13(3,15)8-14/h6,9H,4-5,7,15H2,1-3H3,(H,16,17,18). The number of aromatic nitrogens is 2. The molecule has 19 heavy (non-hydrogen) atoms. The Bertz CT molecular complexity index is 518. The fourth-order valence-electron chi connectivity index (χ4n) is 1.80. The van der Waals surface area contributed by atoms with Gasteiger partial charge >= 0.3 is 0 Å². The largest absolute Gasteiger partial charge is 0.314 e. The van der Waals surface area contributed by atoms with E-state index in [1.165, 1.54) is 17.8 Å². The van der Waals surface area contributed by atoms with E-state index in [0.29, 0.717) is 11.6 Å². The summed E-state index contributed by atoms with van der Waals surface area (Å²) in [6, 6.07) is 3.60. The van der Waals surface area contributed by atoms with Crippen molar-refractivity contribution in [3.63, 3.8) is 0 Å². The first-order valence-electron chi connectivity index (χ1n) is 6.33. The Morgan fingerprint density at radius 3 is 2.95 bits per heavy atom. The van der Waals surface area contributed by atoms with Crippen LogP contribution < -0.4 is 11.3 Å². The third kappa shape index (κ3) is 5.45. The minimum atomic E-state index is -0.853. The molecule has 1 aromatic heterocycles. The highest BCUT2D eigenvalue weighted by atomic mass is 32.2. The lowest BCUT2D eigenvalue weighted by atomic mass is 10.00. The lowest BCUT2D eigenvalue weighted by molar-refractivity contribution is 0.544. The van der Waals surface area contributed by atoms with Crippen molar-refractivity contribution < 1.29 is 0 Å². The zero-order valence-corrected chi connectivity index (χ0v) is 12.4. The van der Waals surface area contributed by atoms with Crippen LogP contribution in [0.15, 0.2) is 16.0 Å². The summed E-state index contributed by atoms with van der Waals surface area (Å²) in [7, 11) is 0. The molecule has 2 atom stereocenters. The molecule has 0 aliphatic heterocycles. The number of H-pyrrole nitrogens is 1. The van der Waals surface area contributed by atoms with Crippen LogP contribution in [0.4, 0.5) is 0 Å². The molecule has 0 fully saturated rings. The van der Waals surface area contributed by atoms with Crippen molar-refractivity contribution in [2.45, 2.75) is 56.0 Å². The van der Waals surface area contributed by atoms with E-state index in [0.717, 1.165) is 18.5 Å². The molecular weight excluding hydrogens is 260 g/mol. The van der Waals surface area contributed by atoms with Crippen LogP contribution in [0.5, 0.6) is 0 Å². The molecule has 0 aromatic carbocycles. The monoisotopic (exact) mass is 280 g/mol. The van der Waals surface area contributed by atoms with E-state index in [9.17, 15) is 4.79 Å².